The molecular formula is C33H36N4O3. The number of hydrogen-bond donors (Lipinski definition) is 1. The lowest BCUT2D eigenvalue weighted by Gasteiger charge is -2.12. The van der Waals surface area contributed by atoms with Crippen LogP contribution in [-0.2, 0) is 32.9 Å². The molecule has 0 fully saturated rings. The average Bonchev–Trinajstić information content (AvgIpc) is 3.46. The van der Waals surface area contributed by atoms with Gasteiger partial charge in [-0.05, 0) is 61.1 Å². The van der Waals surface area contributed by atoms with E-state index in [1.54, 1.807) is 12.1 Å². The first-order valence-electron chi connectivity index (χ1n) is 14.0. The van der Waals surface area contributed by atoms with Crippen molar-refractivity contribution in [3.8, 4) is 28.3 Å². The number of aromatic nitrogens is 4. The molecule has 7 nitrogen and oxygen atoms in total. The Morgan fingerprint density at radius 2 is 1.70 bits per heavy atom. The third kappa shape index (κ3) is 5.11. The molecule has 40 heavy (non-hydrogen) atoms. The molecule has 0 unspecified atom stereocenters. The number of ether oxygens (including phenoxy) is 1. The first kappa shape index (κ1) is 27.2. The van der Waals surface area contributed by atoms with E-state index in [1.807, 2.05) is 24.3 Å². The van der Waals surface area contributed by atoms with Crippen LogP contribution in [0.4, 0.5) is 4.79 Å². The van der Waals surface area contributed by atoms with Gasteiger partial charge in [-0.2, -0.15) is 0 Å². The molecule has 5 rings (SSSR count). The maximum Gasteiger partial charge on any atom is 0.511 e. The van der Waals surface area contributed by atoms with Crippen LogP contribution in [-0.4, -0.2) is 30.4 Å². The standard InChI is InChI=1S/C33H36N4O3/c1-6-11-30-35-31-21(4)18-24(32-34-26(7-2)27(8-3)36(32)5)19-28(31)37(30)20-22-14-16-23(17-15-22)25-12-9-10-13-29(25)40-33(38)39/h9-10,12-19H,6-8,11,20H2,1-5H3,(H,38,39). The molecule has 0 aliphatic rings. The minimum absolute atomic E-state index is 0.323. The number of rotatable bonds is 9. The number of carbonyl (C=O) groups is 1. The maximum absolute atomic E-state index is 11.1. The number of carboxylic acid groups (broad SMARTS) is 1. The number of benzene rings is 3. The van der Waals surface area contributed by atoms with Gasteiger partial charge < -0.3 is 19.0 Å². The second-order valence-corrected chi connectivity index (χ2v) is 10.2. The highest BCUT2D eigenvalue weighted by Gasteiger charge is 2.19. The van der Waals surface area contributed by atoms with Gasteiger partial charge in [-0.1, -0.05) is 63.2 Å². The van der Waals surface area contributed by atoms with Crippen molar-refractivity contribution < 1.29 is 14.6 Å². The average molecular weight is 537 g/mol. The van der Waals surface area contributed by atoms with Crippen LogP contribution in [0.5, 0.6) is 5.75 Å². The third-order valence-corrected chi connectivity index (χ3v) is 7.51. The van der Waals surface area contributed by atoms with E-state index < -0.39 is 6.16 Å². The summed E-state index contributed by atoms with van der Waals surface area (Å²) in [7, 11) is 2.11. The monoisotopic (exact) mass is 536 g/mol. The van der Waals surface area contributed by atoms with Crippen molar-refractivity contribution in [3.63, 3.8) is 0 Å². The van der Waals surface area contributed by atoms with E-state index in [4.69, 9.17) is 19.8 Å². The second kappa shape index (κ2) is 11.4. The van der Waals surface area contributed by atoms with Crippen LogP contribution in [0.1, 0.15) is 55.5 Å². The molecule has 0 saturated heterocycles. The van der Waals surface area contributed by atoms with Gasteiger partial charge in [-0.3, -0.25) is 0 Å². The smallest absolute Gasteiger partial charge is 0.449 e. The fourth-order valence-corrected chi connectivity index (χ4v) is 5.59. The summed E-state index contributed by atoms with van der Waals surface area (Å²) in [6.45, 7) is 9.34. The number of imidazole rings is 2. The fraction of sp³-hybridized carbons (Fsp3) is 0.303. The van der Waals surface area contributed by atoms with Gasteiger partial charge in [-0.15, -0.1) is 0 Å². The largest absolute Gasteiger partial charge is 0.511 e. The molecule has 7 heteroatoms. The van der Waals surface area contributed by atoms with Crippen LogP contribution < -0.4 is 4.74 Å². The zero-order valence-corrected chi connectivity index (χ0v) is 23.9. The highest BCUT2D eigenvalue weighted by atomic mass is 16.7. The first-order valence-corrected chi connectivity index (χ1v) is 14.0. The van der Waals surface area contributed by atoms with Gasteiger partial charge >= 0.3 is 6.16 Å². The molecule has 0 saturated carbocycles. The number of para-hydroxylation sites is 1. The molecule has 5 aromatic rings. The van der Waals surface area contributed by atoms with Crippen molar-refractivity contribution in [2.75, 3.05) is 0 Å². The van der Waals surface area contributed by atoms with Crippen molar-refractivity contribution in [1.29, 1.82) is 0 Å². The second-order valence-electron chi connectivity index (χ2n) is 10.2. The lowest BCUT2D eigenvalue weighted by Crippen LogP contribution is -2.06. The summed E-state index contributed by atoms with van der Waals surface area (Å²) in [6, 6.07) is 19.8. The van der Waals surface area contributed by atoms with E-state index >= 15 is 0 Å². The minimum Gasteiger partial charge on any atom is -0.449 e. The zero-order valence-electron chi connectivity index (χ0n) is 23.9. The van der Waals surface area contributed by atoms with Gasteiger partial charge in [-0.25, -0.2) is 14.8 Å². The van der Waals surface area contributed by atoms with Gasteiger partial charge in [0.2, 0.25) is 0 Å². The van der Waals surface area contributed by atoms with E-state index in [2.05, 4.69) is 68.1 Å². The SMILES string of the molecule is CCCc1nc2c(C)cc(-c3nc(CC)c(CC)n3C)cc2n1Cc1ccc(-c2ccccc2OC(=O)O)cc1. The highest BCUT2D eigenvalue weighted by molar-refractivity contribution is 5.85. The van der Waals surface area contributed by atoms with E-state index in [-0.39, 0.29) is 0 Å². The predicted molar refractivity (Wildman–Crippen MR) is 159 cm³/mol. The van der Waals surface area contributed by atoms with Gasteiger partial charge in [0.1, 0.15) is 17.4 Å². The molecule has 1 N–H and O–H groups in total. The molecule has 0 amide bonds. The number of hydrogen-bond acceptors (Lipinski definition) is 4. The van der Waals surface area contributed by atoms with Gasteiger partial charge in [0, 0.05) is 36.8 Å². The topological polar surface area (TPSA) is 82.2 Å². The summed E-state index contributed by atoms with van der Waals surface area (Å²) < 4.78 is 9.56. The van der Waals surface area contributed by atoms with Crippen LogP contribution in [0.3, 0.4) is 0 Å². The summed E-state index contributed by atoms with van der Waals surface area (Å²) in [5, 5.41) is 9.11. The van der Waals surface area contributed by atoms with Crippen LogP contribution >= 0.6 is 0 Å². The van der Waals surface area contributed by atoms with Crippen molar-refractivity contribution in [2.24, 2.45) is 7.05 Å². The van der Waals surface area contributed by atoms with Gasteiger partial charge in [0.15, 0.2) is 0 Å². The Balaban J connectivity index is 1.55. The minimum atomic E-state index is -1.32. The normalized spacial score (nSPS) is 11.3. The summed E-state index contributed by atoms with van der Waals surface area (Å²) in [5.74, 6) is 2.39. The van der Waals surface area contributed by atoms with E-state index in [0.717, 1.165) is 81.9 Å². The fourth-order valence-electron chi connectivity index (χ4n) is 5.59. The molecule has 0 radical (unpaired) electrons. The molecule has 0 atom stereocenters. The highest BCUT2D eigenvalue weighted by Crippen LogP contribution is 2.32. The molecule has 0 aliphatic carbocycles. The van der Waals surface area contributed by atoms with E-state index in [0.29, 0.717) is 12.3 Å². The Labute approximate surface area is 235 Å². The summed E-state index contributed by atoms with van der Waals surface area (Å²) in [6.07, 6.45) is 2.45. The van der Waals surface area contributed by atoms with Crippen molar-refractivity contribution in [1.82, 2.24) is 19.1 Å². The van der Waals surface area contributed by atoms with Crippen molar-refractivity contribution >= 4 is 17.2 Å². The Morgan fingerprint density at radius 3 is 2.35 bits per heavy atom. The van der Waals surface area contributed by atoms with Gasteiger partial charge in [0.25, 0.3) is 0 Å². The lowest BCUT2D eigenvalue weighted by atomic mass is 10.0. The maximum atomic E-state index is 11.1. The number of aryl methyl sites for hydroxylation is 3. The molecule has 206 valence electrons. The predicted octanol–water partition coefficient (Wildman–Crippen LogP) is 7.59. The molecular weight excluding hydrogens is 500 g/mol. The Morgan fingerprint density at radius 1 is 0.950 bits per heavy atom. The number of nitrogens with zero attached hydrogens (tertiary/aromatic N) is 4. The van der Waals surface area contributed by atoms with Crippen molar-refractivity contribution in [2.45, 2.75) is 59.9 Å². The molecule has 0 spiro atoms. The quantitative estimate of drug-likeness (QED) is 0.155. The molecule has 2 heterocycles. The Hall–Kier alpha value is -4.39. The Bertz CT molecular complexity index is 1680. The molecule has 2 aromatic heterocycles. The van der Waals surface area contributed by atoms with Crippen LogP contribution in [0.25, 0.3) is 33.5 Å². The van der Waals surface area contributed by atoms with Gasteiger partial charge in [0.05, 0.1) is 16.7 Å². The van der Waals surface area contributed by atoms with Crippen LogP contribution in [0, 0.1) is 6.92 Å². The van der Waals surface area contributed by atoms with Crippen LogP contribution in [0.15, 0.2) is 60.7 Å². The summed E-state index contributed by atoms with van der Waals surface area (Å²) >= 11 is 0. The van der Waals surface area contributed by atoms with E-state index in [9.17, 15) is 4.79 Å². The zero-order chi connectivity index (χ0) is 28.4. The van der Waals surface area contributed by atoms with Crippen LogP contribution in [0.2, 0.25) is 0 Å². The summed E-state index contributed by atoms with van der Waals surface area (Å²) in [4.78, 5) is 21.2. The lowest BCUT2D eigenvalue weighted by molar-refractivity contribution is 0.144. The third-order valence-electron chi connectivity index (χ3n) is 7.51. The molecule has 0 bridgehead atoms. The molecule has 0 aliphatic heterocycles. The number of fused-ring (bicyclic) bond motifs is 1. The van der Waals surface area contributed by atoms with E-state index in [1.165, 1.54) is 5.69 Å². The molecule has 3 aromatic carbocycles. The summed E-state index contributed by atoms with van der Waals surface area (Å²) in [5.41, 5.74) is 9.62. The first-order chi connectivity index (χ1) is 19.3. The van der Waals surface area contributed by atoms with Crippen molar-refractivity contribution in [3.05, 3.63) is 89.0 Å². The Kier molecular flexibility index (Phi) is 7.74.